The maximum absolute atomic E-state index is 16.3. The summed E-state index contributed by atoms with van der Waals surface area (Å²) in [6.45, 7) is 10.4. The molecule has 90 heavy (non-hydrogen) atoms. The Bertz CT molecular complexity index is 2820. The van der Waals surface area contributed by atoms with Crippen molar-refractivity contribution in [2.45, 2.75) is 285 Å². The van der Waals surface area contributed by atoms with Crippen LogP contribution < -0.4 is 0 Å². The molecule has 8 rings (SSSR count). The molecule has 2 aromatic carbocycles. The van der Waals surface area contributed by atoms with Crippen molar-refractivity contribution >= 4 is 68.6 Å². The number of fused-ring (bicyclic) bond motifs is 1. The van der Waals surface area contributed by atoms with E-state index in [1.165, 1.54) is 252 Å². The largest absolute Gasteiger partial charge is 0.304 e. The molecular formula is C80H114N4O2S4. The van der Waals surface area contributed by atoms with Crippen LogP contribution in [-0.4, -0.2) is 44.7 Å². The molecule has 6 heterocycles. The summed E-state index contributed by atoms with van der Waals surface area (Å²) >= 11 is 6.86. The number of hydrogen-bond acceptors (Lipinski definition) is 8. The molecule has 490 valence electrons. The van der Waals surface area contributed by atoms with Gasteiger partial charge in [0.2, 0.25) is 0 Å². The van der Waals surface area contributed by atoms with Crippen LogP contribution in [0.3, 0.4) is 0 Å². The van der Waals surface area contributed by atoms with E-state index in [9.17, 15) is 0 Å². The van der Waals surface area contributed by atoms with Gasteiger partial charge in [0.1, 0.15) is 10.0 Å². The highest BCUT2D eigenvalue weighted by Gasteiger charge is 2.51. The second-order valence-corrected chi connectivity index (χ2v) is 30.8. The molecule has 6 aromatic rings. The van der Waals surface area contributed by atoms with E-state index in [4.69, 9.17) is 9.97 Å². The lowest BCUT2D eigenvalue weighted by Crippen LogP contribution is -2.35. The average molecular weight is 1290 g/mol. The van der Waals surface area contributed by atoms with E-state index in [0.29, 0.717) is 36.1 Å². The summed E-state index contributed by atoms with van der Waals surface area (Å²) in [4.78, 5) is 54.2. The van der Waals surface area contributed by atoms with Crippen molar-refractivity contribution in [1.29, 1.82) is 0 Å². The Morgan fingerprint density at radius 2 is 0.578 bits per heavy atom. The van der Waals surface area contributed by atoms with Crippen LogP contribution in [0.2, 0.25) is 0 Å². The van der Waals surface area contributed by atoms with Crippen LogP contribution in [0.4, 0.5) is 0 Å². The maximum Gasteiger partial charge on any atom is 0.261 e. The minimum atomic E-state index is -0.0392. The normalized spacial score (nSPS) is 14.1. The molecule has 0 spiro atoms. The van der Waals surface area contributed by atoms with Crippen LogP contribution in [-0.2, 0) is 9.59 Å². The number of aromatic nitrogens is 2. The number of rotatable bonds is 50. The third-order valence-electron chi connectivity index (χ3n) is 19.2. The predicted molar refractivity (Wildman–Crippen MR) is 393 cm³/mol. The predicted octanol–water partition coefficient (Wildman–Crippen LogP) is 26.1. The molecule has 0 radical (unpaired) electrons. The van der Waals surface area contributed by atoms with E-state index in [-0.39, 0.29) is 11.8 Å². The lowest BCUT2D eigenvalue weighted by Gasteiger charge is -2.29. The lowest BCUT2D eigenvalue weighted by atomic mass is 9.93. The van der Waals surface area contributed by atoms with Gasteiger partial charge in [0.05, 0.1) is 32.3 Å². The molecule has 0 saturated carbocycles. The third kappa shape index (κ3) is 22.4. The van der Waals surface area contributed by atoms with Crippen LogP contribution in [0, 0.1) is 11.8 Å². The van der Waals surface area contributed by atoms with E-state index in [0.717, 1.165) is 66.6 Å². The molecule has 0 aliphatic carbocycles. The van der Waals surface area contributed by atoms with Crippen LogP contribution in [0.15, 0.2) is 108 Å². The van der Waals surface area contributed by atoms with Crippen LogP contribution in [0.25, 0.3) is 51.8 Å². The van der Waals surface area contributed by atoms with Crippen LogP contribution >= 0.6 is 45.3 Å². The minimum absolute atomic E-state index is 0.0392. The van der Waals surface area contributed by atoms with E-state index in [1.54, 1.807) is 45.3 Å². The summed E-state index contributed by atoms with van der Waals surface area (Å²) in [6.07, 6.45) is 55.0. The van der Waals surface area contributed by atoms with Gasteiger partial charge in [-0.15, -0.1) is 45.3 Å². The first-order valence-electron chi connectivity index (χ1n) is 36.8. The van der Waals surface area contributed by atoms with Gasteiger partial charge in [0.25, 0.3) is 11.8 Å². The first-order chi connectivity index (χ1) is 44.4. The zero-order valence-electron chi connectivity index (χ0n) is 56.3. The third-order valence-corrected chi connectivity index (χ3v) is 23.8. The monoisotopic (exact) mass is 1290 g/mol. The molecule has 2 atom stereocenters. The van der Waals surface area contributed by atoms with Gasteiger partial charge >= 0.3 is 0 Å². The van der Waals surface area contributed by atoms with Crippen molar-refractivity contribution in [3.05, 3.63) is 118 Å². The molecule has 2 aliphatic rings. The maximum atomic E-state index is 16.3. The van der Waals surface area contributed by atoms with Gasteiger partial charge in [-0.1, -0.05) is 320 Å². The van der Waals surface area contributed by atoms with E-state index >= 15 is 9.59 Å². The Balaban J connectivity index is 1.14. The number of benzene rings is 2. The smallest absolute Gasteiger partial charge is 0.261 e. The molecule has 2 amide bonds. The van der Waals surface area contributed by atoms with Crippen molar-refractivity contribution in [3.8, 4) is 40.4 Å². The summed E-state index contributed by atoms with van der Waals surface area (Å²) in [5, 5.41) is 1.54. The molecular weight excluding hydrogens is 1180 g/mol. The highest BCUT2D eigenvalue weighted by molar-refractivity contribution is 7.24. The first kappa shape index (κ1) is 71.4. The van der Waals surface area contributed by atoms with Gasteiger partial charge in [0.15, 0.2) is 0 Å². The molecule has 0 bridgehead atoms. The second-order valence-electron chi connectivity index (χ2n) is 26.6. The van der Waals surface area contributed by atoms with E-state index < -0.39 is 0 Å². The molecule has 2 aliphatic heterocycles. The molecule has 6 nitrogen and oxygen atoms in total. The second kappa shape index (κ2) is 41.3. The highest BCUT2D eigenvalue weighted by Crippen LogP contribution is 2.51. The fraction of sp³-hybridized carbons (Fsp3) is 0.600. The zero-order valence-corrected chi connectivity index (χ0v) is 59.6. The lowest BCUT2D eigenvalue weighted by molar-refractivity contribution is -0.124. The Hall–Kier alpha value is -4.48. The summed E-state index contributed by atoms with van der Waals surface area (Å²) in [5.41, 5.74) is 4.99. The Morgan fingerprint density at radius 1 is 0.311 bits per heavy atom. The van der Waals surface area contributed by atoms with Crippen molar-refractivity contribution in [1.82, 2.24) is 19.8 Å². The van der Waals surface area contributed by atoms with Gasteiger partial charge in [-0.05, 0) is 72.9 Å². The number of hydrogen-bond donors (Lipinski definition) is 0. The van der Waals surface area contributed by atoms with Crippen molar-refractivity contribution in [2.24, 2.45) is 11.8 Å². The highest BCUT2D eigenvalue weighted by atomic mass is 32.1. The van der Waals surface area contributed by atoms with Crippen LogP contribution in [0.1, 0.15) is 295 Å². The Kier molecular flexibility index (Phi) is 32.7. The summed E-state index contributed by atoms with van der Waals surface area (Å²) < 4.78 is 0. The van der Waals surface area contributed by atoms with E-state index in [2.05, 4.69) is 122 Å². The number of carbonyl (C=O) groups excluding carboxylic acids is 2. The number of nitrogens with zero attached hydrogens (tertiary/aromatic N) is 4. The quantitative estimate of drug-likeness (QED) is 0.0357. The SMILES string of the molecule is CCCCCCCCCCCCC(CCCCCCCCCC)CN1C(=O)C2=C(c3ncc(-c4ccc(-c5ccccc5)s4)s3)N(CC(CCCCCCCCCC)CCCCCCCCCCCC)C(=O)C2=C1c1ncc(-c2ccc(-c3ccccc3)s2)s1. The summed E-state index contributed by atoms with van der Waals surface area (Å²) in [6, 6.07) is 30.1. The average Bonchev–Trinajstić information content (AvgIpc) is 1.57. The van der Waals surface area contributed by atoms with Gasteiger partial charge in [0, 0.05) is 45.0 Å². The van der Waals surface area contributed by atoms with Crippen molar-refractivity contribution in [2.75, 3.05) is 13.1 Å². The molecule has 2 unspecified atom stereocenters. The number of carbonyl (C=O) groups is 2. The first-order valence-corrected chi connectivity index (χ1v) is 40.0. The molecule has 10 heteroatoms. The number of amides is 2. The Morgan fingerprint density at radius 3 is 0.867 bits per heavy atom. The minimum Gasteiger partial charge on any atom is -0.304 e. The number of thiazole rings is 2. The molecule has 0 saturated heterocycles. The molecule has 4 aromatic heterocycles. The Labute approximate surface area is 562 Å². The topological polar surface area (TPSA) is 66.4 Å². The summed E-state index contributed by atoms with van der Waals surface area (Å²) in [7, 11) is 0. The fourth-order valence-corrected chi connectivity index (χ4v) is 17.9. The number of unbranched alkanes of at least 4 members (excludes halogenated alkanes) is 32. The summed E-state index contributed by atoms with van der Waals surface area (Å²) in [5.74, 6) is 0.559. The van der Waals surface area contributed by atoms with Crippen molar-refractivity contribution in [3.63, 3.8) is 0 Å². The van der Waals surface area contributed by atoms with Crippen molar-refractivity contribution < 1.29 is 9.59 Å². The van der Waals surface area contributed by atoms with Gasteiger partial charge < -0.3 is 9.80 Å². The van der Waals surface area contributed by atoms with Gasteiger partial charge in [-0.3, -0.25) is 9.59 Å². The molecule has 0 fully saturated rings. The molecule has 0 N–H and O–H groups in total. The fourth-order valence-electron chi connectivity index (χ4n) is 13.8. The number of thiophene rings is 2. The van der Waals surface area contributed by atoms with Gasteiger partial charge in [-0.25, -0.2) is 9.97 Å². The zero-order chi connectivity index (χ0) is 62.8. The van der Waals surface area contributed by atoms with Gasteiger partial charge in [-0.2, -0.15) is 0 Å². The standard InChI is InChI=1S/C80H114N4O2S4/c1-5-9-13-17-21-25-27-31-35-41-49-63(47-39-33-29-23-19-15-11-7-3)61-83-75(77-81-59-71(89-77)69-57-55-67(87-69)65-51-43-37-44-52-65)73-74(79(83)85)76(78-82-60-72(90-78)70-58-56-68(88-70)66-53-45-38-46-54-66)84(80(73)86)62-64(48-40-34-30-24-20-16-12-8-4)50-42-36-32-28-26-22-18-14-10-6-2/h37-38,43-46,51-60,63-64H,5-36,39-42,47-50,61-62H2,1-4H3. The van der Waals surface area contributed by atoms with Crippen LogP contribution in [0.5, 0.6) is 0 Å². The van der Waals surface area contributed by atoms with E-state index in [1.807, 2.05) is 12.4 Å².